The van der Waals surface area contributed by atoms with Crippen LogP contribution in [0.5, 0.6) is 5.75 Å². The molecule has 0 unspecified atom stereocenters. The normalized spacial score (nSPS) is 11.3. The van der Waals surface area contributed by atoms with Gasteiger partial charge >= 0.3 is 0 Å². The summed E-state index contributed by atoms with van der Waals surface area (Å²) in [6.07, 6.45) is 3.64. The predicted octanol–water partition coefficient (Wildman–Crippen LogP) is 3.93. The summed E-state index contributed by atoms with van der Waals surface area (Å²) in [5.74, 6) is 1.30. The first kappa shape index (κ1) is 14.0. The van der Waals surface area contributed by atoms with Crippen LogP contribution in [-0.4, -0.2) is 17.1 Å². The molecule has 0 bridgehead atoms. The molecule has 2 aromatic heterocycles. The zero-order valence-corrected chi connectivity index (χ0v) is 13.5. The van der Waals surface area contributed by atoms with Crippen molar-refractivity contribution in [2.75, 3.05) is 7.11 Å². The first-order valence-electron chi connectivity index (χ1n) is 6.18. The molecule has 6 heteroatoms. The maximum absolute atomic E-state index is 12.0. The first-order chi connectivity index (χ1) is 10.2. The van der Waals surface area contributed by atoms with Crippen molar-refractivity contribution in [3.63, 3.8) is 0 Å². The van der Waals surface area contributed by atoms with Gasteiger partial charge in [0.25, 0.3) is 5.56 Å². The molecule has 2 heterocycles. The minimum atomic E-state index is -0.137. The van der Waals surface area contributed by atoms with E-state index < -0.39 is 0 Å². The number of aromatic nitrogens is 2. The molecule has 0 aliphatic carbocycles. The Morgan fingerprint density at radius 2 is 2.14 bits per heavy atom. The molecular formula is C15H11BrN2O2S. The van der Waals surface area contributed by atoms with Gasteiger partial charge in [-0.3, -0.25) is 4.79 Å². The lowest BCUT2D eigenvalue weighted by Crippen LogP contribution is -2.07. The third-order valence-electron chi connectivity index (χ3n) is 2.95. The molecule has 0 amide bonds. The van der Waals surface area contributed by atoms with Crippen molar-refractivity contribution >= 4 is 49.6 Å². The van der Waals surface area contributed by atoms with E-state index >= 15 is 0 Å². The van der Waals surface area contributed by atoms with E-state index in [0.29, 0.717) is 16.0 Å². The Morgan fingerprint density at radius 3 is 2.95 bits per heavy atom. The standard InChI is InChI=1S/C15H11BrN2O2S/c1-20-11-5-3-2-4-9(11)6-7-13-17-14(19)10-8-12(16)21-15(10)18-13/h2-8H,1H3,(H,17,18,19). The van der Waals surface area contributed by atoms with Crippen molar-refractivity contribution in [1.29, 1.82) is 0 Å². The van der Waals surface area contributed by atoms with E-state index in [9.17, 15) is 4.79 Å². The topological polar surface area (TPSA) is 55.0 Å². The minimum absolute atomic E-state index is 0.137. The fourth-order valence-corrected chi connectivity index (χ4v) is 3.43. The Labute approximate surface area is 133 Å². The van der Waals surface area contributed by atoms with Gasteiger partial charge < -0.3 is 9.72 Å². The van der Waals surface area contributed by atoms with Crippen molar-refractivity contribution in [1.82, 2.24) is 9.97 Å². The largest absolute Gasteiger partial charge is 0.496 e. The molecule has 0 aliphatic heterocycles. The van der Waals surface area contributed by atoms with Crippen LogP contribution in [0, 0.1) is 0 Å². The molecule has 3 aromatic rings. The van der Waals surface area contributed by atoms with Crippen LogP contribution in [0.25, 0.3) is 22.4 Å². The number of H-pyrrole nitrogens is 1. The maximum atomic E-state index is 12.0. The van der Waals surface area contributed by atoms with Crippen LogP contribution in [0.2, 0.25) is 0 Å². The smallest absolute Gasteiger partial charge is 0.259 e. The highest BCUT2D eigenvalue weighted by Gasteiger charge is 2.06. The second-order valence-corrected chi connectivity index (χ2v) is 6.71. The first-order valence-corrected chi connectivity index (χ1v) is 7.79. The number of fused-ring (bicyclic) bond motifs is 1. The van der Waals surface area contributed by atoms with Gasteiger partial charge in [0.2, 0.25) is 0 Å². The molecule has 0 saturated heterocycles. The third-order valence-corrected chi connectivity index (χ3v) is 4.48. The second kappa shape index (κ2) is 5.83. The van der Waals surface area contributed by atoms with Crippen molar-refractivity contribution < 1.29 is 4.74 Å². The van der Waals surface area contributed by atoms with Gasteiger partial charge in [-0.05, 0) is 40.2 Å². The van der Waals surface area contributed by atoms with E-state index in [-0.39, 0.29) is 5.56 Å². The van der Waals surface area contributed by atoms with Gasteiger partial charge in [0.15, 0.2) is 0 Å². The average Bonchev–Trinajstić information content (AvgIpc) is 2.86. The number of halogens is 1. The van der Waals surface area contributed by atoms with Crippen molar-refractivity contribution in [3.05, 3.63) is 55.9 Å². The zero-order chi connectivity index (χ0) is 14.8. The van der Waals surface area contributed by atoms with Crippen molar-refractivity contribution in [2.45, 2.75) is 0 Å². The molecule has 0 spiro atoms. The number of benzene rings is 1. The molecule has 0 saturated carbocycles. The number of ether oxygens (including phenoxy) is 1. The van der Waals surface area contributed by atoms with Crippen LogP contribution in [0.3, 0.4) is 0 Å². The van der Waals surface area contributed by atoms with Crippen molar-refractivity contribution in [3.8, 4) is 5.75 Å². The minimum Gasteiger partial charge on any atom is -0.496 e. The molecule has 0 radical (unpaired) electrons. The summed E-state index contributed by atoms with van der Waals surface area (Å²) < 4.78 is 6.17. The van der Waals surface area contributed by atoms with Crippen LogP contribution >= 0.6 is 27.3 Å². The average molecular weight is 363 g/mol. The van der Waals surface area contributed by atoms with Gasteiger partial charge in [-0.15, -0.1) is 11.3 Å². The van der Waals surface area contributed by atoms with E-state index in [4.69, 9.17) is 4.74 Å². The van der Waals surface area contributed by atoms with E-state index in [2.05, 4.69) is 25.9 Å². The van der Waals surface area contributed by atoms with Crippen LogP contribution in [0.1, 0.15) is 11.4 Å². The van der Waals surface area contributed by atoms with E-state index in [1.54, 1.807) is 19.3 Å². The molecule has 1 aromatic carbocycles. The lowest BCUT2D eigenvalue weighted by molar-refractivity contribution is 0.414. The Bertz CT molecular complexity index is 883. The Hall–Kier alpha value is -1.92. The Morgan fingerprint density at radius 1 is 1.33 bits per heavy atom. The number of rotatable bonds is 3. The summed E-state index contributed by atoms with van der Waals surface area (Å²) in [7, 11) is 1.63. The highest BCUT2D eigenvalue weighted by molar-refractivity contribution is 9.11. The number of nitrogens with one attached hydrogen (secondary N) is 1. The fourth-order valence-electron chi connectivity index (χ4n) is 1.97. The van der Waals surface area contributed by atoms with Crippen molar-refractivity contribution in [2.24, 2.45) is 0 Å². The number of para-hydroxylation sites is 1. The lowest BCUT2D eigenvalue weighted by Gasteiger charge is -2.03. The number of hydrogen-bond donors (Lipinski definition) is 1. The fraction of sp³-hybridized carbons (Fsp3) is 0.0667. The molecule has 3 rings (SSSR count). The summed E-state index contributed by atoms with van der Waals surface area (Å²) >= 11 is 4.81. The van der Waals surface area contributed by atoms with Gasteiger partial charge in [-0.25, -0.2) is 4.98 Å². The summed E-state index contributed by atoms with van der Waals surface area (Å²) in [6.45, 7) is 0. The maximum Gasteiger partial charge on any atom is 0.259 e. The SMILES string of the molecule is COc1ccccc1C=Cc1nc2sc(Br)cc2c(=O)[nH]1. The van der Waals surface area contributed by atoms with E-state index in [1.807, 2.05) is 30.3 Å². The highest BCUT2D eigenvalue weighted by atomic mass is 79.9. The van der Waals surface area contributed by atoms with Crippen LogP contribution in [0.4, 0.5) is 0 Å². The monoisotopic (exact) mass is 362 g/mol. The summed E-state index contributed by atoms with van der Waals surface area (Å²) in [5, 5.41) is 0.598. The predicted molar refractivity (Wildman–Crippen MR) is 89.9 cm³/mol. The molecular weight excluding hydrogens is 352 g/mol. The molecule has 21 heavy (non-hydrogen) atoms. The number of hydrogen-bond acceptors (Lipinski definition) is 4. The van der Waals surface area contributed by atoms with E-state index in [0.717, 1.165) is 15.1 Å². The number of thiophene rings is 1. The summed E-state index contributed by atoms with van der Waals surface area (Å²) in [5.41, 5.74) is 0.789. The number of aromatic amines is 1. The highest BCUT2D eigenvalue weighted by Crippen LogP contribution is 2.26. The Balaban J connectivity index is 2.01. The number of methoxy groups -OCH3 is 1. The molecule has 1 N–H and O–H groups in total. The van der Waals surface area contributed by atoms with E-state index in [1.165, 1.54) is 11.3 Å². The summed E-state index contributed by atoms with van der Waals surface area (Å²) in [4.78, 5) is 19.9. The molecule has 4 nitrogen and oxygen atoms in total. The molecule has 0 fully saturated rings. The molecule has 106 valence electrons. The Kier molecular flexibility index (Phi) is 3.90. The van der Waals surface area contributed by atoms with Gasteiger partial charge in [0.05, 0.1) is 16.3 Å². The van der Waals surface area contributed by atoms with Gasteiger partial charge in [0, 0.05) is 5.56 Å². The zero-order valence-electron chi connectivity index (χ0n) is 11.1. The quantitative estimate of drug-likeness (QED) is 0.767. The van der Waals surface area contributed by atoms with Crippen LogP contribution in [-0.2, 0) is 0 Å². The van der Waals surface area contributed by atoms with Crippen LogP contribution in [0.15, 0.2) is 38.9 Å². The molecule has 0 atom stereocenters. The third kappa shape index (κ3) is 2.91. The second-order valence-electron chi connectivity index (χ2n) is 4.30. The van der Waals surface area contributed by atoms with Gasteiger partial charge in [-0.2, -0.15) is 0 Å². The van der Waals surface area contributed by atoms with Gasteiger partial charge in [-0.1, -0.05) is 18.2 Å². The van der Waals surface area contributed by atoms with Gasteiger partial charge in [0.1, 0.15) is 16.4 Å². The van der Waals surface area contributed by atoms with Crippen LogP contribution < -0.4 is 10.3 Å². The summed E-state index contributed by atoms with van der Waals surface area (Å²) in [6, 6.07) is 9.44. The molecule has 0 aliphatic rings. The number of nitrogens with zero attached hydrogens (tertiary/aromatic N) is 1. The lowest BCUT2D eigenvalue weighted by atomic mass is 10.2.